The predicted molar refractivity (Wildman–Crippen MR) is 97.4 cm³/mol. The number of fused-ring (bicyclic) bond motifs is 1. The summed E-state index contributed by atoms with van der Waals surface area (Å²) in [7, 11) is 0. The molecular formula is C20H32N2O2. The van der Waals surface area contributed by atoms with Gasteiger partial charge in [-0.2, -0.15) is 0 Å². The van der Waals surface area contributed by atoms with Gasteiger partial charge in [0.2, 0.25) is 0 Å². The number of piperazine rings is 1. The molecule has 2 N–H and O–H groups in total. The fourth-order valence-corrected chi connectivity index (χ4v) is 2.97. The van der Waals surface area contributed by atoms with Crippen LogP contribution in [0.4, 0.5) is 0 Å². The molecule has 0 amide bonds. The molecule has 2 atom stereocenters. The first-order valence-electron chi connectivity index (χ1n) is 9.04. The number of hydrogen-bond acceptors (Lipinski definition) is 4. The zero-order valence-corrected chi connectivity index (χ0v) is 16.0. The Hall–Kier alpha value is -1.58. The molecule has 1 saturated heterocycles. The largest absolute Gasteiger partial charge is 0.378 e. The number of hydrogen-bond donors (Lipinski definition) is 2. The van der Waals surface area contributed by atoms with Crippen molar-refractivity contribution < 1.29 is 9.59 Å². The maximum atomic E-state index is 12.5. The molecule has 4 heteroatoms. The van der Waals surface area contributed by atoms with Crippen LogP contribution in [0.3, 0.4) is 0 Å². The van der Waals surface area contributed by atoms with Crippen LogP contribution in [0.1, 0.15) is 67.2 Å². The number of ketones is 2. The lowest BCUT2D eigenvalue weighted by molar-refractivity contribution is -0.122. The minimum absolute atomic E-state index is 0.0650. The summed E-state index contributed by atoms with van der Waals surface area (Å²) < 4.78 is 0. The minimum atomic E-state index is -0.433. The van der Waals surface area contributed by atoms with Crippen molar-refractivity contribution in [3.63, 3.8) is 0 Å². The summed E-state index contributed by atoms with van der Waals surface area (Å²) in [6.45, 7) is 11.5. The van der Waals surface area contributed by atoms with Crippen molar-refractivity contribution in [2.45, 2.75) is 79.3 Å². The van der Waals surface area contributed by atoms with Crippen LogP contribution in [-0.4, -0.2) is 23.7 Å². The number of carbonyl (C=O) groups is 2. The predicted octanol–water partition coefficient (Wildman–Crippen LogP) is 3.49. The average Bonchev–Trinajstić information content (AvgIpc) is 2.45. The highest BCUT2D eigenvalue weighted by molar-refractivity contribution is 5.97. The lowest BCUT2D eigenvalue weighted by atomic mass is 9.85. The van der Waals surface area contributed by atoms with E-state index in [1.807, 2.05) is 41.5 Å². The monoisotopic (exact) mass is 332 g/mol. The molecule has 1 saturated carbocycles. The van der Waals surface area contributed by atoms with Gasteiger partial charge in [-0.3, -0.25) is 9.59 Å². The van der Waals surface area contributed by atoms with E-state index in [1.165, 1.54) is 12.8 Å². The third kappa shape index (κ3) is 4.49. The van der Waals surface area contributed by atoms with E-state index in [-0.39, 0.29) is 11.6 Å². The molecule has 0 aromatic rings. The molecule has 1 aliphatic heterocycles. The summed E-state index contributed by atoms with van der Waals surface area (Å²) in [5, 5.41) is 7.05. The number of rotatable bonds is 2. The second kappa shape index (κ2) is 6.73. The SMILES string of the molecule is CC(C)(C)C(=O)/C=C1\N[C@H]2CCCC[C@H]2N\C1=C/C(=O)C(C)(C)C. The second-order valence-electron chi connectivity index (χ2n) is 9.13. The van der Waals surface area contributed by atoms with Crippen LogP contribution in [0.15, 0.2) is 23.5 Å². The molecular weight excluding hydrogens is 300 g/mol. The van der Waals surface area contributed by atoms with Gasteiger partial charge in [0, 0.05) is 35.1 Å². The summed E-state index contributed by atoms with van der Waals surface area (Å²) in [5.74, 6) is 0.130. The quantitative estimate of drug-likeness (QED) is 0.760. The van der Waals surface area contributed by atoms with E-state index in [0.29, 0.717) is 12.1 Å². The van der Waals surface area contributed by atoms with Crippen LogP contribution in [0.2, 0.25) is 0 Å². The first-order valence-corrected chi connectivity index (χ1v) is 9.04. The summed E-state index contributed by atoms with van der Waals surface area (Å²) in [5.41, 5.74) is 0.653. The first-order chi connectivity index (χ1) is 11.0. The molecule has 0 aromatic heterocycles. The Morgan fingerprint density at radius 1 is 0.792 bits per heavy atom. The highest BCUT2D eigenvalue weighted by atomic mass is 16.1. The van der Waals surface area contributed by atoms with Crippen molar-refractivity contribution in [3.8, 4) is 0 Å². The van der Waals surface area contributed by atoms with Crippen LogP contribution >= 0.6 is 0 Å². The molecule has 0 spiro atoms. The van der Waals surface area contributed by atoms with Gasteiger partial charge < -0.3 is 10.6 Å². The van der Waals surface area contributed by atoms with Crippen molar-refractivity contribution in [2.75, 3.05) is 0 Å². The van der Waals surface area contributed by atoms with Gasteiger partial charge in [-0.15, -0.1) is 0 Å². The van der Waals surface area contributed by atoms with Gasteiger partial charge in [0.05, 0.1) is 11.4 Å². The fourth-order valence-electron chi connectivity index (χ4n) is 2.97. The van der Waals surface area contributed by atoms with Gasteiger partial charge >= 0.3 is 0 Å². The van der Waals surface area contributed by atoms with Crippen LogP contribution in [0.5, 0.6) is 0 Å². The van der Waals surface area contributed by atoms with Crippen molar-refractivity contribution in [3.05, 3.63) is 23.5 Å². The molecule has 0 bridgehead atoms. The third-order valence-corrected chi connectivity index (χ3v) is 4.77. The minimum Gasteiger partial charge on any atom is -0.378 e. The first kappa shape index (κ1) is 18.8. The fraction of sp³-hybridized carbons (Fsp3) is 0.700. The highest BCUT2D eigenvalue weighted by Gasteiger charge is 2.33. The molecule has 0 unspecified atom stereocenters. The number of carbonyl (C=O) groups excluding carboxylic acids is 2. The zero-order chi connectivity index (χ0) is 18.1. The van der Waals surface area contributed by atoms with Gasteiger partial charge in [0.15, 0.2) is 11.6 Å². The molecule has 1 heterocycles. The third-order valence-electron chi connectivity index (χ3n) is 4.77. The van der Waals surface area contributed by atoms with E-state index < -0.39 is 10.8 Å². The van der Waals surface area contributed by atoms with Gasteiger partial charge in [0.25, 0.3) is 0 Å². The topological polar surface area (TPSA) is 58.2 Å². The molecule has 0 aromatic carbocycles. The maximum absolute atomic E-state index is 12.5. The van der Waals surface area contributed by atoms with Gasteiger partial charge in [-0.05, 0) is 12.8 Å². The summed E-state index contributed by atoms with van der Waals surface area (Å²) in [6.07, 6.45) is 7.93. The molecule has 4 nitrogen and oxygen atoms in total. The van der Waals surface area contributed by atoms with Crippen LogP contribution in [0, 0.1) is 10.8 Å². The van der Waals surface area contributed by atoms with Gasteiger partial charge in [0.1, 0.15) is 0 Å². The Morgan fingerprint density at radius 3 is 1.42 bits per heavy atom. The molecule has 24 heavy (non-hydrogen) atoms. The molecule has 0 radical (unpaired) electrons. The summed E-state index contributed by atoms with van der Waals surface area (Å²) >= 11 is 0. The van der Waals surface area contributed by atoms with E-state index in [2.05, 4.69) is 10.6 Å². The van der Waals surface area contributed by atoms with Crippen molar-refractivity contribution in [1.29, 1.82) is 0 Å². The van der Waals surface area contributed by atoms with Crippen molar-refractivity contribution >= 4 is 11.6 Å². The Kier molecular flexibility index (Phi) is 5.26. The average molecular weight is 332 g/mol. The number of allylic oxidation sites excluding steroid dienone is 2. The van der Waals surface area contributed by atoms with Crippen LogP contribution < -0.4 is 10.6 Å². The van der Waals surface area contributed by atoms with E-state index >= 15 is 0 Å². The Balaban J connectivity index is 2.35. The lowest BCUT2D eigenvalue weighted by Crippen LogP contribution is -2.55. The van der Waals surface area contributed by atoms with Crippen LogP contribution in [0.25, 0.3) is 0 Å². The lowest BCUT2D eigenvalue weighted by Gasteiger charge is -2.41. The normalized spacial score (nSPS) is 28.1. The Bertz CT molecular complexity index is 521. The van der Waals surface area contributed by atoms with Gasteiger partial charge in [-0.25, -0.2) is 0 Å². The zero-order valence-electron chi connectivity index (χ0n) is 16.0. The Morgan fingerprint density at radius 2 is 1.12 bits per heavy atom. The second-order valence-corrected chi connectivity index (χ2v) is 9.13. The molecule has 2 rings (SSSR count). The number of nitrogens with one attached hydrogen (secondary N) is 2. The maximum Gasteiger partial charge on any atom is 0.163 e. The van der Waals surface area contributed by atoms with E-state index in [9.17, 15) is 9.59 Å². The summed E-state index contributed by atoms with van der Waals surface area (Å²) in [6, 6.07) is 0.666. The van der Waals surface area contributed by atoms with E-state index in [0.717, 1.165) is 24.2 Å². The molecule has 2 fully saturated rings. The van der Waals surface area contributed by atoms with Crippen molar-refractivity contribution in [1.82, 2.24) is 10.6 Å². The molecule has 1 aliphatic carbocycles. The molecule has 2 aliphatic rings. The van der Waals surface area contributed by atoms with E-state index in [4.69, 9.17) is 0 Å². The standard InChI is InChI=1S/C20H32N2O2/c1-19(2,3)17(23)11-15-16(12-18(24)20(4,5)6)22-14-10-8-7-9-13(14)21-15/h11-14,21-22H,7-10H2,1-6H3/b15-11-,16-12-/t13-,14+. The summed E-state index contributed by atoms with van der Waals surface area (Å²) in [4.78, 5) is 24.9. The van der Waals surface area contributed by atoms with Crippen molar-refractivity contribution in [2.24, 2.45) is 10.8 Å². The van der Waals surface area contributed by atoms with Crippen LogP contribution in [-0.2, 0) is 9.59 Å². The highest BCUT2D eigenvalue weighted by Crippen LogP contribution is 2.28. The smallest absolute Gasteiger partial charge is 0.163 e. The molecule has 134 valence electrons. The Labute approximate surface area is 146 Å². The van der Waals surface area contributed by atoms with E-state index in [1.54, 1.807) is 12.2 Å². The van der Waals surface area contributed by atoms with Gasteiger partial charge in [-0.1, -0.05) is 54.4 Å².